The summed E-state index contributed by atoms with van der Waals surface area (Å²) in [5.41, 5.74) is 0.260. The number of carbonyl (C=O) groups excluding carboxylic acids is 2. The molecule has 1 aliphatic heterocycles. The van der Waals surface area contributed by atoms with Gasteiger partial charge in [-0.1, -0.05) is 6.07 Å². The number of methoxy groups -OCH3 is 1. The Bertz CT molecular complexity index is 1010. The first kappa shape index (κ1) is 22.0. The Kier molecular flexibility index (Phi) is 6.68. The number of nitrogens with zero attached hydrogens (tertiary/aromatic N) is 2. The van der Waals surface area contributed by atoms with Crippen molar-refractivity contribution in [3.63, 3.8) is 0 Å². The van der Waals surface area contributed by atoms with E-state index in [1.807, 2.05) is 6.92 Å². The van der Waals surface area contributed by atoms with Gasteiger partial charge in [0.2, 0.25) is 17.6 Å². The summed E-state index contributed by atoms with van der Waals surface area (Å²) in [5.74, 6) is -1.13. The second-order valence-corrected chi connectivity index (χ2v) is 6.93. The molecule has 1 unspecified atom stereocenters. The molecule has 1 aliphatic rings. The van der Waals surface area contributed by atoms with E-state index in [1.54, 1.807) is 18.2 Å². The zero-order chi connectivity index (χ0) is 22.5. The standard InChI is InChI=1S/C21H22FN3O6/c1-3-31-18-7-4-13(8-19(18)30-2)11-23-21(27)14-9-20(26)24(12-14)15-5-6-16(22)17(10-15)25(28)29/h4-8,10,14H,3,9,11-12H2,1-2H3,(H,23,27). The van der Waals surface area contributed by atoms with Gasteiger partial charge < -0.3 is 19.7 Å². The minimum absolute atomic E-state index is 0.0381. The van der Waals surface area contributed by atoms with Gasteiger partial charge in [-0.25, -0.2) is 0 Å². The Morgan fingerprint density at radius 1 is 1.29 bits per heavy atom. The van der Waals surface area contributed by atoms with E-state index in [2.05, 4.69) is 5.32 Å². The van der Waals surface area contributed by atoms with Gasteiger partial charge in [-0.15, -0.1) is 0 Å². The molecule has 1 saturated heterocycles. The summed E-state index contributed by atoms with van der Waals surface area (Å²) in [5, 5.41) is 13.7. The number of nitrogens with one attached hydrogen (secondary N) is 1. The number of ether oxygens (including phenoxy) is 2. The average Bonchev–Trinajstić information content (AvgIpc) is 3.14. The first-order valence-electron chi connectivity index (χ1n) is 9.65. The number of nitro benzene ring substituents is 1. The number of amides is 2. The maximum Gasteiger partial charge on any atom is 0.306 e. The predicted molar refractivity (Wildman–Crippen MR) is 110 cm³/mol. The lowest BCUT2D eigenvalue weighted by Gasteiger charge is -2.17. The maximum absolute atomic E-state index is 13.6. The third-order valence-corrected chi connectivity index (χ3v) is 4.93. The minimum atomic E-state index is -0.986. The van der Waals surface area contributed by atoms with E-state index in [9.17, 15) is 24.1 Å². The first-order valence-corrected chi connectivity index (χ1v) is 9.65. The Hall–Kier alpha value is -3.69. The Balaban J connectivity index is 1.64. The van der Waals surface area contributed by atoms with Crippen LogP contribution in [-0.4, -0.2) is 37.0 Å². The number of nitro groups is 1. The summed E-state index contributed by atoms with van der Waals surface area (Å²) in [6, 6.07) is 8.54. The van der Waals surface area contributed by atoms with Gasteiger partial charge in [0.1, 0.15) is 0 Å². The fraction of sp³-hybridized carbons (Fsp3) is 0.333. The lowest BCUT2D eigenvalue weighted by atomic mass is 10.1. The van der Waals surface area contributed by atoms with Crippen LogP contribution >= 0.6 is 0 Å². The summed E-state index contributed by atoms with van der Waals surface area (Å²) < 4.78 is 24.3. The molecule has 3 rings (SSSR count). The van der Waals surface area contributed by atoms with Crippen LogP contribution < -0.4 is 19.7 Å². The molecule has 1 atom stereocenters. The molecule has 2 amide bonds. The zero-order valence-corrected chi connectivity index (χ0v) is 17.1. The van der Waals surface area contributed by atoms with Crippen LogP contribution in [0.15, 0.2) is 36.4 Å². The number of hydrogen-bond acceptors (Lipinski definition) is 6. The summed E-state index contributed by atoms with van der Waals surface area (Å²) >= 11 is 0. The van der Waals surface area contributed by atoms with E-state index in [4.69, 9.17) is 9.47 Å². The normalized spacial score (nSPS) is 15.6. The molecule has 2 aromatic carbocycles. The molecule has 9 nitrogen and oxygen atoms in total. The fourth-order valence-electron chi connectivity index (χ4n) is 3.37. The zero-order valence-electron chi connectivity index (χ0n) is 17.1. The molecule has 0 aliphatic carbocycles. The van der Waals surface area contributed by atoms with E-state index < -0.39 is 22.3 Å². The molecular formula is C21H22FN3O6. The molecule has 0 saturated carbocycles. The van der Waals surface area contributed by atoms with E-state index in [0.29, 0.717) is 18.1 Å². The summed E-state index contributed by atoms with van der Waals surface area (Å²) in [6.45, 7) is 2.65. The largest absolute Gasteiger partial charge is 0.493 e. The van der Waals surface area contributed by atoms with Crippen molar-refractivity contribution in [2.45, 2.75) is 19.9 Å². The molecule has 1 N–H and O–H groups in total. The number of rotatable bonds is 8. The SMILES string of the molecule is CCOc1ccc(CNC(=O)C2CC(=O)N(c3ccc(F)c([N+](=O)[O-])c3)C2)cc1OC. The molecule has 31 heavy (non-hydrogen) atoms. The minimum Gasteiger partial charge on any atom is -0.493 e. The van der Waals surface area contributed by atoms with Crippen LogP contribution in [0.25, 0.3) is 0 Å². The van der Waals surface area contributed by atoms with Crippen LogP contribution in [0.1, 0.15) is 18.9 Å². The summed E-state index contributed by atoms with van der Waals surface area (Å²) in [7, 11) is 1.53. The molecule has 0 aromatic heterocycles. The van der Waals surface area contributed by atoms with Crippen molar-refractivity contribution in [2.75, 3.05) is 25.2 Å². The van der Waals surface area contributed by atoms with Gasteiger partial charge in [-0.3, -0.25) is 19.7 Å². The van der Waals surface area contributed by atoms with Crippen molar-refractivity contribution in [3.05, 3.63) is 57.9 Å². The molecule has 10 heteroatoms. The lowest BCUT2D eigenvalue weighted by molar-refractivity contribution is -0.387. The Morgan fingerprint density at radius 3 is 2.74 bits per heavy atom. The summed E-state index contributed by atoms with van der Waals surface area (Å²) in [6.07, 6.45) is -0.0381. The highest BCUT2D eigenvalue weighted by atomic mass is 19.1. The van der Waals surface area contributed by atoms with E-state index >= 15 is 0 Å². The van der Waals surface area contributed by atoms with E-state index in [1.165, 1.54) is 18.1 Å². The van der Waals surface area contributed by atoms with E-state index in [0.717, 1.165) is 17.7 Å². The molecule has 164 valence electrons. The van der Waals surface area contributed by atoms with Crippen molar-refractivity contribution in [1.29, 1.82) is 0 Å². The molecule has 1 heterocycles. The average molecular weight is 431 g/mol. The van der Waals surface area contributed by atoms with E-state index in [-0.39, 0.29) is 37.0 Å². The monoisotopic (exact) mass is 431 g/mol. The fourth-order valence-corrected chi connectivity index (χ4v) is 3.37. The van der Waals surface area contributed by atoms with Gasteiger partial charge in [0.25, 0.3) is 0 Å². The number of halogens is 1. The molecule has 0 radical (unpaired) electrons. The van der Waals surface area contributed by atoms with Gasteiger partial charge in [-0.2, -0.15) is 4.39 Å². The molecule has 0 bridgehead atoms. The van der Waals surface area contributed by atoms with Crippen molar-refractivity contribution in [3.8, 4) is 11.5 Å². The van der Waals surface area contributed by atoms with Crippen LogP contribution in [0.2, 0.25) is 0 Å². The maximum atomic E-state index is 13.6. The quantitative estimate of drug-likeness (QED) is 0.508. The highest BCUT2D eigenvalue weighted by molar-refractivity contribution is 6.00. The van der Waals surface area contributed by atoms with Crippen LogP contribution in [-0.2, 0) is 16.1 Å². The first-order chi connectivity index (χ1) is 14.8. The highest BCUT2D eigenvalue weighted by Crippen LogP contribution is 2.30. The lowest BCUT2D eigenvalue weighted by Crippen LogP contribution is -2.32. The van der Waals surface area contributed by atoms with Crippen molar-refractivity contribution >= 4 is 23.2 Å². The topological polar surface area (TPSA) is 111 Å². The van der Waals surface area contributed by atoms with Crippen molar-refractivity contribution in [2.24, 2.45) is 5.92 Å². The number of hydrogen-bond donors (Lipinski definition) is 1. The van der Waals surface area contributed by atoms with Crippen LogP contribution in [0.5, 0.6) is 11.5 Å². The summed E-state index contributed by atoms with van der Waals surface area (Å²) in [4.78, 5) is 36.3. The third kappa shape index (κ3) is 4.90. The number of carbonyl (C=O) groups is 2. The Morgan fingerprint density at radius 2 is 2.06 bits per heavy atom. The smallest absolute Gasteiger partial charge is 0.306 e. The highest BCUT2D eigenvalue weighted by Gasteiger charge is 2.35. The van der Waals surface area contributed by atoms with Gasteiger partial charge in [-0.05, 0) is 36.8 Å². The second-order valence-electron chi connectivity index (χ2n) is 6.93. The Labute approximate surface area is 177 Å². The number of anilines is 1. The third-order valence-electron chi connectivity index (χ3n) is 4.93. The van der Waals surface area contributed by atoms with Gasteiger partial charge in [0.05, 0.1) is 30.2 Å². The molecule has 1 fully saturated rings. The molecule has 0 spiro atoms. The molecule has 2 aromatic rings. The van der Waals surface area contributed by atoms with Gasteiger partial charge >= 0.3 is 5.69 Å². The van der Waals surface area contributed by atoms with Crippen molar-refractivity contribution in [1.82, 2.24) is 5.32 Å². The predicted octanol–water partition coefficient (Wildman–Crippen LogP) is 2.81. The van der Waals surface area contributed by atoms with Gasteiger partial charge in [0, 0.05) is 25.6 Å². The van der Waals surface area contributed by atoms with Crippen LogP contribution in [0, 0.1) is 21.8 Å². The molecular weight excluding hydrogens is 409 g/mol. The number of benzene rings is 2. The van der Waals surface area contributed by atoms with Gasteiger partial charge in [0.15, 0.2) is 11.5 Å². The second kappa shape index (κ2) is 9.41. The van der Waals surface area contributed by atoms with Crippen LogP contribution in [0.4, 0.5) is 15.8 Å². The van der Waals surface area contributed by atoms with Crippen molar-refractivity contribution < 1.29 is 28.4 Å². The van der Waals surface area contributed by atoms with Crippen LogP contribution in [0.3, 0.4) is 0 Å².